The van der Waals surface area contributed by atoms with E-state index < -0.39 is 0 Å². The van der Waals surface area contributed by atoms with E-state index in [-0.39, 0.29) is 0 Å². The molecule has 1 atom stereocenters. The number of fused-ring (bicyclic) bond motifs is 1. The molecule has 0 fully saturated rings. The van der Waals surface area contributed by atoms with Crippen molar-refractivity contribution in [2.75, 3.05) is 12.8 Å². The van der Waals surface area contributed by atoms with Crippen molar-refractivity contribution >= 4 is 50.4 Å². The lowest BCUT2D eigenvalue weighted by Gasteiger charge is -2.12. The molecule has 2 aromatic rings. The number of aryl methyl sites for hydroxylation is 1. The van der Waals surface area contributed by atoms with Gasteiger partial charge < -0.3 is 5.32 Å². The van der Waals surface area contributed by atoms with Gasteiger partial charge in [0.15, 0.2) is 0 Å². The van der Waals surface area contributed by atoms with E-state index in [1.807, 2.05) is 29.7 Å². The highest BCUT2D eigenvalue weighted by Crippen LogP contribution is 2.38. The lowest BCUT2D eigenvalue weighted by atomic mass is 10.1. The number of halogens is 1. The summed E-state index contributed by atoms with van der Waals surface area (Å²) in [5.41, 5.74) is 1.56. The Labute approximate surface area is 128 Å². The van der Waals surface area contributed by atoms with Gasteiger partial charge in [-0.05, 0) is 58.9 Å². The molecule has 0 bridgehead atoms. The third-order valence-corrected chi connectivity index (χ3v) is 7.10. The fraction of sp³-hybridized carbons (Fsp3) is 0.385. The van der Waals surface area contributed by atoms with Crippen LogP contribution in [0.25, 0.3) is 0 Å². The molecule has 0 aromatic carbocycles. The Kier molecular flexibility index (Phi) is 4.15. The predicted octanol–water partition coefficient (Wildman–Crippen LogP) is 4.67. The maximum atomic E-state index is 3.55. The standard InChI is InChI=1S/C13H14BrNS3/c1-15-13(10-2-3-12(14)18-10)11-6-8-7-16-5-4-9(8)17-11/h2-3,6,13,15H,4-5,7H2,1H3. The summed E-state index contributed by atoms with van der Waals surface area (Å²) in [5, 5.41) is 3.45. The molecule has 1 N–H and O–H groups in total. The number of rotatable bonds is 3. The van der Waals surface area contributed by atoms with Gasteiger partial charge in [0.05, 0.1) is 9.83 Å². The van der Waals surface area contributed by atoms with Gasteiger partial charge in [-0.25, -0.2) is 0 Å². The van der Waals surface area contributed by atoms with Crippen LogP contribution in [0.2, 0.25) is 0 Å². The van der Waals surface area contributed by atoms with Crippen LogP contribution in [0.15, 0.2) is 22.0 Å². The summed E-state index contributed by atoms with van der Waals surface area (Å²) in [4.78, 5) is 4.44. The minimum atomic E-state index is 0.349. The first-order valence-electron chi connectivity index (χ1n) is 5.89. The maximum absolute atomic E-state index is 3.55. The number of thiophene rings is 2. The molecule has 96 valence electrons. The zero-order chi connectivity index (χ0) is 12.5. The molecular weight excluding hydrogens is 346 g/mol. The summed E-state index contributed by atoms with van der Waals surface area (Å²) in [6, 6.07) is 7.10. The molecule has 3 rings (SSSR count). The molecular formula is C13H14BrNS3. The smallest absolute Gasteiger partial charge is 0.0763 e. The predicted molar refractivity (Wildman–Crippen MR) is 87.1 cm³/mol. The van der Waals surface area contributed by atoms with Crippen LogP contribution in [0.3, 0.4) is 0 Å². The van der Waals surface area contributed by atoms with Crippen LogP contribution < -0.4 is 5.32 Å². The molecule has 3 heterocycles. The first-order chi connectivity index (χ1) is 8.78. The Morgan fingerprint density at radius 2 is 2.17 bits per heavy atom. The van der Waals surface area contributed by atoms with Gasteiger partial charge in [-0.15, -0.1) is 22.7 Å². The SMILES string of the molecule is CNC(c1ccc(Br)s1)c1cc2c(s1)CCSC2. The summed E-state index contributed by atoms with van der Waals surface area (Å²) >= 11 is 9.41. The van der Waals surface area contributed by atoms with Crippen LogP contribution in [0.5, 0.6) is 0 Å². The van der Waals surface area contributed by atoms with Gasteiger partial charge in [-0.1, -0.05) is 0 Å². The summed E-state index contributed by atoms with van der Waals surface area (Å²) < 4.78 is 1.20. The first-order valence-corrected chi connectivity index (χ1v) is 9.47. The summed E-state index contributed by atoms with van der Waals surface area (Å²) in [6.45, 7) is 0. The zero-order valence-electron chi connectivity index (χ0n) is 10.0. The van der Waals surface area contributed by atoms with Crippen LogP contribution in [0.1, 0.15) is 26.2 Å². The molecule has 2 aromatic heterocycles. The van der Waals surface area contributed by atoms with Crippen LogP contribution in [-0.2, 0) is 12.2 Å². The van der Waals surface area contributed by atoms with Gasteiger partial charge in [0.2, 0.25) is 0 Å². The minimum absolute atomic E-state index is 0.349. The van der Waals surface area contributed by atoms with Crippen molar-refractivity contribution < 1.29 is 0 Å². The molecule has 0 radical (unpaired) electrons. The number of hydrogen-bond donors (Lipinski definition) is 1. The van der Waals surface area contributed by atoms with Crippen molar-refractivity contribution in [2.45, 2.75) is 18.2 Å². The molecule has 1 aliphatic heterocycles. The topological polar surface area (TPSA) is 12.0 Å². The van der Waals surface area contributed by atoms with Gasteiger partial charge in [-0.3, -0.25) is 0 Å². The minimum Gasteiger partial charge on any atom is -0.308 e. The Balaban J connectivity index is 1.94. The number of thioether (sulfide) groups is 1. The van der Waals surface area contributed by atoms with E-state index in [0.717, 1.165) is 0 Å². The summed E-state index contributed by atoms with van der Waals surface area (Å²) in [6.07, 6.45) is 1.25. The maximum Gasteiger partial charge on any atom is 0.0763 e. The second-order valence-corrected chi connectivity index (χ2v) is 9.03. The molecule has 18 heavy (non-hydrogen) atoms. The Bertz CT molecular complexity index is 523. The lowest BCUT2D eigenvalue weighted by Crippen LogP contribution is -2.15. The second kappa shape index (κ2) is 5.67. The quantitative estimate of drug-likeness (QED) is 0.854. The van der Waals surface area contributed by atoms with Crippen molar-refractivity contribution in [1.82, 2.24) is 5.32 Å². The molecule has 0 aliphatic carbocycles. The first kappa shape index (κ1) is 13.2. The van der Waals surface area contributed by atoms with Crippen molar-refractivity contribution in [3.63, 3.8) is 0 Å². The number of hydrogen-bond acceptors (Lipinski definition) is 4. The summed E-state index contributed by atoms with van der Waals surface area (Å²) in [5.74, 6) is 2.47. The second-order valence-electron chi connectivity index (χ2n) is 4.26. The van der Waals surface area contributed by atoms with Crippen LogP contribution in [0, 0.1) is 0 Å². The van der Waals surface area contributed by atoms with Crippen molar-refractivity contribution in [3.05, 3.63) is 42.2 Å². The molecule has 0 amide bonds. The molecule has 1 nitrogen and oxygen atoms in total. The molecule has 5 heteroatoms. The Morgan fingerprint density at radius 3 is 2.83 bits per heavy atom. The van der Waals surface area contributed by atoms with E-state index in [9.17, 15) is 0 Å². The van der Waals surface area contributed by atoms with E-state index in [1.165, 1.54) is 31.5 Å². The highest BCUT2D eigenvalue weighted by molar-refractivity contribution is 9.11. The van der Waals surface area contributed by atoms with E-state index in [4.69, 9.17) is 0 Å². The van der Waals surface area contributed by atoms with Crippen LogP contribution in [0.4, 0.5) is 0 Å². The molecule has 1 aliphatic rings. The van der Waals surface area contributed by atoms with Crippen molar-refractivity contribution in [1.29, 1.82) is 0 Å². The average molecular weight is 360 g/mol. The Hall–Kier alpha value is 0.190. The highest BCUT2D eigenvalue weighted by Gasteiger charge is 2.20. The normalized spacial score (nSPS) is 16.6. The fourth-order valence-corrected chi connectivity index (χ4v) is 6.35. The van der Waals surface area contributed by atoms with Gasteiger partial charge in [0, 0.05) is 20.4 Å². The van der Waals surface area contributed by atoms with E-state index in [2.05, 4.69) is 51.2 Å². The van der Waals surface area contributed by atoms with Crippen molar-refractivity contribution in [2.24, 2.45) is 0 Å². The third kappa shape index (κ3) is 2.56. The molecule has 0 spiro atoms. The largest absolute Gasteiger partial charge is 0.308 e. The zero-order valence-corrected chi connectivity index (χ0v) is 14.1. The monoisotopic (exact) mass is 359 g/mol. The molecule has 0 saturated carbocycles. The third-order valence-electron chi connectivity index (χ3n) is 3.10. The van der Waals surface area contributed by atoms with E-state index in [1.54, 1.807) is 10.4 Å². The van der Waals surface area contributed by atoms with E-state index in [0.29, 0.717) is 6.04 Å². The van der Waals surface area contributed by atoms with Gasteiger partial charge in [0.25, 0.3) is 0 Å². The number of nitrogens with one attached hydrogen (secondary N) is 1. The molecule has 1 unspecified atom stereocenters. The van der Waals surface area contributed by atoms with Gasteiger partial charge in [-0.2, -0.15) is 11.8 Å². The molecule has 0 saturated heterocycles. The summed E-state index contributed by atoms with van der Waals surface area (Å²) in [7, 11) is 2.05. The Morgan fingerprint density at radius 1 is 1.28 bits per heavy atom. The van der Waals surface area contributed by atoms with Crippen LogP contribution in [-0.4, -0.2) is 12.8 Å². The fourth-order valence-electron chi connectivity index (χ4n) is 2.22. The van der Waals surface area contributed by atoms with Gasteiger partial charge >= 0.3 is 0 Å². The van der Waals surface area contributed by atoms with Crippen LogP contribution >= 0.6 is 50.4 Å². The average Bonchev–Trinajstić information content (AvgIpc) is 2.96. The van der Waals surface area contributed by atoms with E-state index >= 15 is 0 Å². The van der Waals surface area contributed by atoms with Gasteiger partial charge in [0.1, 0.15) is 0 Å². The highest BCUT2D eigenvalue weighted by atomic mass is 79.9. The van der Waals surface area contributed by atoms with Crippen molar-refractivity contribution in [3.8, 4) is 0 Å². The lowest BCUT2D eigenvalue weighted by molar-refractivity contribution is 0.716.